The summed E-state index contributed by atoms with van der Waals surface area (Å²) in [5.41, 5.74) is 2.59. The summed E-state index contributed by atoms with van der Waals surface area (Å²) in [4.78, 5) is 31.6. The molecule has 0 radical (unpaired) electrons. The van der Waals surface area contributed by atoms with E-state index >= 15 is 0 Å². The van der Waals surface area contributed by atoms with E-state index in [1.54, 1.807) is 12.4 Å². The first-order valence-corrected chi connectivity index (χ1v) is 7.15. The van der Waals surface area contributed by atoms with Gasteiger partial charge in [-0.2, -0.15) is 0 Å². The van der Waals surface area contributed by atoms with Crippen LogP contribution in [0.3, 0.4) is 0 Å². The molecule has 0 spiro atoms. The van der Waals surface area contributed by atoms with E-state index in [-0.39, 0.29) is 18.0 Å². The highest BCUT2D eigenvalue weighted by Crippen LogP contribution is 2.43. The summed E-state index contributed by atoms with van der Waals surface area (Å²) in [6, 6.07) is 0.292. The van der Waals surface area contributed by atoms with Gasteiger partial charge in [0.15, 0.2) is 0 Å². The van der Waals surface area contributed by atoms with Gasteiger partial charge in [0.05, 0.1) is 17.9 Å². The van der Waals surface area contributed by atoms with Gasteiger partial charge in [-0.3, -0.25) is 9.78 Å². The Morgan fingerprint density at radius 2 is 2.14 bits per heavy atom. The van der Waals surface area contributed by atoms with Crippen molar-refractivity contribution in [1.29, 1.82) is 0 Å². The van der Waals surface area contributed by atoms with Crippen LogP contribution in [0, 0.1) is 6.92 Å². The van der Waals surface area contributed by atoms with Gasteiger partial charge in [0.2, 0.25) is 0 Å². The van der Waals surface area contributed by atoms with Crippen molar-refractivity contribution in [2.45, 2.75) is 38.3 Å². The van der Waals surface area contributed by atoms with Gasteiger partial charge in [-0.1, -0.05) is 0 Å². The average Bonchev–Trinajstić information content (AvgIpc) is 2.82. The van der Waals surface area contributed by atoms with Gasteiger partial charge in [0.25, 0.3) is 5.91 Å². The Balaban J connectivity index is 1.73. The van der Waals surface area contributed by atoms with Crippen molar-refractivity contribution in [2.24, 2.45) is 0 Å². The van der Waals surface area contributed by atoms with E-state index in [1.165, 1.54) is 6.20 Å². The van der Waals surface area contributed by atoms with Crippen molar-refractivity contribution in [1.82, 2.24) is 24.8 Å². The number of aromatic nitrogens is 4. The summed E-state index contributed by atoms with van der Waals surface area (Å²) in [5.74, 6) is 0.753. The lowest BCUT2D eigenvalue weighted by atomic mass is 9.99. The molecule has 0 N–H and O–H groups in total. The zero-order chi connectivity index (χ0) is 14.4. The van der Waals surface area contributed by atoms with Crippen molar-refractivity contribution >= 4 is 5.91 Å². The molecule has 2 atom stereocenters. The highest BCUT2D eigenvalue weighted by molar-refractivity contribution is 5.93. The molecule has 1 amide bonds. The maximum Gasteiger partial charge on any atom is 0.274 e. The molecular formula is C15H15N5O. The van der Waals surface area contributed by atoms with Crippen molar-refractivity contribution in [2.75, 3.05) is 0 Å². The summed E-state index contributed by atoms with van der Waals surface area (Å²) in [6.45, 7) is 1.90. The first-order valence-electron chi connectivity index (χ1n) is 7.15. The van der Waals surface area contributed by atoms with Crippen LogP contribution < -0.4 is 0 Å². The number of amides is 1. The van der Waals surface area contributed by atoms with E-state index in [2.05, 4.69) is 19.9 Å². The Morgan fingerprint density at radius 1 is 1.24 bits per heavy atom. The zero-order valence-corrected chi connectivity index (χ0v) is 11.7. The Bertz CT molecular complexity index is 702. The third-order valence-electron chi connectivity index (χ3n) is 4.33. The molecule has 0 aliphatic carbocycles. The molecular weight excluding hydrogens is 266 g/mol. The van der Waals surface area contributed by atoms with E-state index in [0.717, 1.165) is 36.3 Å². The smallest absolute Gasteiger partial charge is 0.274 e. The SMILES string of the molecule is Cc1ncc2c(n1)C[C@@H]1CC[C@H]2N1C(=O)c1cnccn1. The van der Waals surface area contributed by atoms with Crippen LogP contribution in [0.5, 0.6) is 0 Å². The lowest BCUT2D eigenvalue weighted by Crippen LogP contribution is -2.42. The minimum absolute atomic E-state index is 0.0400. The summed E-state index contributed by atoms with van der Waals surface area (Å²) in [5, 5.41) is 0. The van der Waals surface area contributed by atoms with Crippen LogP contribution >= 0.6 is 0 Å². The fourth-order valence-corrected chi connectivity index (χ4v) is 3.43. The monoisotopic (exact) mass is 281 g/mol. The molecule has 21 heavy (non-hydrogen) atoms. The Hall–Kier alpha value is -2.37. The number of hydrogen-bond acceptors (Lipinski definition) is 5. The van der Waals surface area contributed by atoms with Crippen LogP contribution in [0.25, 0.3) is 0 Å². The number of fused-ring (bicyclic) bond motifs is 4. The molecule has 0 aromatic carbocycles. The van der Waals surface area contributed by atoms with Crippen LogP contribution in [0.15, 0.2) is 24.8 Å². The van der Waals surface area contributed by atoms with Gasteiger partial charge >= 0.3 is 0 Å². The summed E-state index contributed by atoms with van der Waals surface area (Å²) in [6.07, 6.45) is 9.32. The topological polar surface area (TPSA) is 71.9 Å². The first-order chi connectivity index (χ1) is 10.2. The predicted octanol–water partition coefficient (Wildman–Crippen LogP) is 1.48. The molecule has 0 unspecified atom stereocenters. The molecule has 2 aromatic heterocycles. The normalized spacial score (nSPS) is 23.0. The van der Waals surface area contributed by atoms with Crippen LogP contribution in [-0.4, -0.2) is 36.8 Å². The molecule has 2 aliphatic heterocycles. The zero-order valence-electron chi connectivity index (χ0n) is 11.7. The highest BCUT2D eigenvalue weighted by Gasteiger charge is 2.43. The summed E-state index contributed by atoms with van der Waals surface area (Å²) >= 11 is 0. The Labute approximate surface area is 122 Å². The molecule has 2 bridgehead atoms. The molecule has 106 valence electrons. The molecule has 1 fully saturated rings. The average molecular weight is 281 g/mol. The van der Waals surface area contributed by atoms with E-state index in [1.807, 2.05) is 18.0 Å². The van der Waals surface area contributed by atoms with Crippen LogP contribution in [-0.2, 0) is 6.42 Å². The van der Waals surface area contributed by atoms with Crippen LogP contribution in [0.1, 0.15) is 46.5 Å². The molecule has 0 saturated carbocycles. The fourth-order valence-electron chi connectivity index (χ4n) is 3.43. The van der Waals surface area contributed by atoms with E-state index in [4.69, 9.17) is 0 Å². The van der Waals surface area contributed by atoms with Crippen LogP contribution in [0.4, 0.5) is 0 Å². The number of nitrogens with zero attached hydrogens (tertiary/aromatic N) is 5. The lowest BCUT2D eigenvalue weighted by Gasteiger charge is -2.35. The Morgan fingerprint density at radius 3 is 2.95 bits per heavy atom. The molecule has 4 rings (SSSR count). The van der Waals surface area contributed by atoms with Gasteiger partial charge < -0.3 is 4.90 Å². The largest absolute Gasteiger partial charge is 0.327 e. The predicted molar refractivity (Wildman–Crippen MR) is 74.4 cm³/mol. The number of aryl methyl sites for hydroxylation is 1. The minimum Gasteiger partial charge on any atom is -0.327 e. The quantitative estimate of drug-likeness (QED) is 0.791. The number of carbonyl (C=O) groups excluding carboxylic acids is 1. The van der Waals surface area contributed by atoms with Crippen molar-refractivity contribution in [3.63, 3.8) is 0 Å². The number of hydrogen-bond donors (Lipinski definition) is 0. The second kappa shape index (κ2) is 4.58. The second-order valence-electron chi connectivity index (χ2n) is 5.57. The van der Waals surface area contributed by atoms with Gasteiger partial charge in [-0.25, -0.2) is 15.0 Å². The number of carbonyl (C=O) groups is 1. The molecule has 4 heterocycles. The minimum atomic E-state index is -0.0400. The maximum absolute atomic E-state index is 12.7. The molecule has 1 saturated heterocycles. The third kappa shape index (κ3) is 1.90. The van der Waals surface area contributed by atoms with Gasteiger partial charge in [-0.05, 0) is 19.8 Å². The molecule has 2 aliphatic rings. The third-order valence-corrected chi connectivity index (χ3v) is 4.33. The number of rotatable bonds is 1. The molecule has 2 aromatic rings. The lowest BCUT2D eigenvalue weighted by molar-refractivity contribution is 0.0637. The standard InChI is InChI=1S/C15H15N5O/c1-9-18-7-11-12(19-9)6-10-2-3-14(11)20(10)15(21)13-8-16-4-5-17-13/h4-5,7-8,10,14H,2-3,6H2,1H3/t10-,14+/m0/s1. The van der Waals surface area contributed by atoms with Crippen LogP contribution in [0.2, 0.25) is 0 Å². The van der Waals surface area contributed by atoms with Gasteiger partial charge in [-0.15, -0.1) is 0 Å². The Kier molecular flexibility index (Phi) is 2.70. The van der Waals surface area contributed by atoms with Crippen molar-refractivity contribution in [3.05, 3.63) is 47.6 Å². The van der Waals surface area contributed by atoms with Crippen molar-refractivity contribution in [3.8, 4) is 0 Å². The van der Waals surface area contributed by atoms with Gasteiger partial charge in [0, 0.05) is 36.6 Å². The summed E-state index contributed by atoms with van der Waals surface area (Å²) in [7, 11) is 0. The van der Waals surface area contributed by atoms with E-state index < -0.39 is 0 Å². The highest BCUT2D eigenvalue weighted by atomic mass is 16.2. The molecule has 6 heteroatoms. The second-order valence-corrected chi connectivity index (χ2v) is 5.57. The van der Waals surface area contributed by atoms with Crippen molar-refractivity contribution < 1.29 is 4.79 Å². The maximum atomic E-state index is 12.7. The van der Waals surface area contributed by atoms with E-state index in [0.29, 0.717) is 5.69 Å². The summed E-state index contributed by atoms with van der Waals surface area (Å²) < 4.78 is 0. The fraction of sp³-hybridized carbons (Fsp3) is 0.400. The van der Waals surface area contributed by atoms with E-state index in [9.17, 15) is 4.79 Å². The first kappa shape index (κ1) is 12.4. The van der Waals surface area contributed by atoms with Gasteiger partial charge in [0.1, 0.15) is 11.5 Å². The molecule has 6 nitrogen and oxygen atoms in total.